The van der Waals surface area contributed by atoms with Gasteiger partial charge in [-0.1, -0.05) is 0 Å². The lowest BCUT2D eigenvalue weighted by molar-refractivity contribution is -0.131. The number of carbonyl (C=O) groups excluding carboxylic acids is 1. The molecule has 3 heterocycles. The quantitative estimate of drug-likeness (QED) is 0.628. The maximum atomic E-state index is 13.3. The Bertz CT molecular complexity index is 1030. The van der Waals surface area contributed by atoms with Crippen molar-refractivity contribution in [3.05, 3.63) is 54.1 Å². The van der Waals surface area contributed by atoms with Gasteiger partial charge in [0, 0.05) is 24.5 Å². The zero-order chi connectivity index (χ0) is 21.8. The third kappa shape index (κ3) is 4.05. The average molecular weight is 422 g/mol. The molecule has 1 aromatic carbocycles. The molecule has 1 aliphatic heterocycles. The Labute approximate surface area is 181 Å². The van der Waals surface area contributed by atoms with Gasteiger partial charge in [0.15, 0.2) is 11.5 Å². The van der Waals surface area contributed by atoms with Crippen LogP contribution in [-0.4, -0.2) is 53.9 Å². The molecule has 1 amide bonds. The molecule has 1 N–H and O–H groups in total. The van der Waals surface area contributed by atoms with E-state index in [0.717, 1.165) is 35.2 Å². The van der Waals surface area contributed by atoms with Crippen LogP contribution in [0.1, 0.15) is 30.1 Å². The second-order valence-corrected chi connectivity index (χ2v) is 7.39. The highest BCUT2D eigenvalue weighted by Crippen LogP contribution is 2.40. The lowest BCUT2D eigenvalue weighted by atomic mass is 10.0. The number of aromatic amines is 1. The normalized spacial score (nSPS) is 15.7. The fraction of sp³-hybridized carbons (Fsp3) is 0.348. The first-order valence-electron chi connectivity index (χ1n) is 10.2. The average Bonchev–Trinajstić information content (AvgIpc) is 3.48. The minimum atomic E-state index is -0.0415. The maximum Gasteiger partial charge on any atom is 0.227 e. The predicted octanol–water partition coefficient (Wildman–Crippen LogP) is 3.40. The summed E-state index contributed by atoms with van der Waals surface area (Å²) in [6.07, 6.45) is 7.40. The molecule has 0 unspecified atom stereocenters. The largest absolute Gasteiger partial charge is 0.493 e. The Balaban J connectivity index is 1.58. The molecule has 1 atom stereocenters. The number of pyridine rings is 1. The summed E-state index contributed by atoms with van der Waals surface area (Å²) in [5.74, 6) is 1.64. The van der Waals surface area contributed by atoms with Gasteiger partial charge in [-0.3, -0.25) is 14.9 Å². The summed E-state index contributed by atoms with van der Waals surface area (Å²) in [4.78, 5) is 19.3. The summed E-state index contributed by atoms with van der Waals surface area (Å²) >= 11 is 0. The molecule has 1 aliphatic rings. The SMILES string of the molecule is COc1cc(CC(=O)N2CCC[C@H]2c2[nH]ncc2-c2ccncc2)cc(OC)c1OC. The topological polar surface area (TPSA) is 89.6 Å². The molecule has 0 radical (unpaired) electrons. The number of nitrogens with zero attached hydrogens (tertiary/aromatic N) is 3. The Kier molecular flexibility index (Phi) is 6.06. The number of benzene rings is 1. The van der Waals surface area contributed by atoms with E-state index in [0.29, 0.717) is 23.8 Å². The molecule has 0 saturated carbocycles. The molecular weight excluding hydrogens is 396 g/mol. The fourth-order valence-electron chi connectivity index (χ4n) is 4.19. The highest BCUT2D eigenvalue weighted by Gasteiger charge is 2.33. The number of carbonyl (C=O) groups is 1. The van der Waals surface area contributed by atoms with E-state index in [1.165, 1.54) is 0 Å². The minimum Gasteiger partial charge on any atom is -0.493 e. The molecule has 4 rings (SSSR count). The van der Waals surface area contributed by atoms with Gasteiger partial charge in [-0.2, -0.15) is 5.10 Å². The molecule has 0 spiro atoms. The first kappa shape index (κ1) is 20.7. The smallest absolute Gasteiger partial charge is 0.227 e. The highest BCUT2D eigenvalue weighted by molar-refractivity contribution is 5.80. The standard InChI is InChI=1S/C23H26N4O4/c1-29-19-11-15(12-20(30-2)23(19)31-3)13-21(28)27-10-4-5-18(27)22-17(14-25-26-22)16-6-8-24-9-7-16/h6-9,11-12,14,18H,4-5,10,13H2,1-3H3,(H,25,26)/t18-/m0/s1. The van der Waals surface area contributed by atoms with Crippen molar-refractivity contribution >= 4 is 5.91 Å². The van der Waals surface area contributed by atoms with Crippen molar-refractivity contribution in [3.63, 3.8) is 0 Å². The number of nitrogens with one attached hydrogen (secondary N) is 1. The van der Waals surface area contributed by atoms with Crippen molar-refractivity contribution in [2.75, 3.05) is 27.9 Å². The van der Waals surface area contributed by atoms with Crippen molar-refractivity contribution in [2.24, 2.45) is 0 Å². The van der Waals surface area contributed by atoms with Crippen LogP contribution in [0, 0.1) is 0 Å². The van der Waals surface area contributed by atoms with Crippen molar-refractivity contribution in [1.29, 1.82) is 0 Å². The molecule has 8 nitrogen and oxygen atoms in total. The molecule has 1 saturated heterocycles. The van der Waals surface area contributed by atoms with Gasteiger partial charge in [-0.25, -0.2) is 0 Å². The molecule has 0 aliphatic carbocycles. The molecule has 1 fully saturated rings. The van der Waals surface area contributed by atoms with Crippen molar-refractivity contribution < 1.29 is 19.0 Å². The molecule has 31 heavy (non-hydrogen) atoms. The van der Waals surface area contributed by atoms with Crippen LogP contribution in [0.25, 0.3) is 11.1 Å². The van der Waals surface area contributed by atoms with Crippen molar-refractivity contribution in [1.82, 2.24) is 20.1 Å². The maximum absolute atomic E-state index is 13.3. The summed E-state index contributed by atoms with van der Waals surface area (Å²) in [6.45, 7) is 0.711. The number of hydrogen-bond acceptors (Lipinski definition) is 6. The van der Waals surface area contributed by atoms with Crippen LogP contribution in [0.4, 0.5) is 0 Å². The Morgan fingerprint density at radius 1 is 1.13 bits per heavy atom. The zero-order valence-corrected chi connectivity index (χ0v) is 17.9. The third-order valence-corrected chi connectivity index (χ3v) is 5.65. The number of likely N-dealkylation sites (tertiary alicyclic amines) is 1. The van der Waals surface area contributed by atoms with E-state index >= 15 is 0 Å². The number of aromatic nitrogens is 3. The van der Waals surface area contributed by atoms with Crippen LogP contribution >= 0.6 is 0 Å². The number of methoxy groups -OCH3 is 3. The second-order valence-electron chi connectivity index (χ2n) is 7.39. The van der Waals surface area contributed by atoms with Gasteiger partial charge >= 0.3 is 0 Å². The van der Waals surface area contributed by atoms with E-state index in [2.05, 4.69) is 15.2 Å². The summed E-state index contributed by atoms with van der Waals surface area (Å²) < 4.78 is 16.2. The molecule has 0 bridgehead atoms. The molecule has 3 aromatic rings. The number of amides is 1. The van der Waals surface area contributed by atoms with Crippen LogP contribution in [-0.2, 0) is 11.2 Å². The van der Waals surface area contributed by atoms with Crippen LogP contribution in [0.15, 0.2) is 42.9 Å². The summed E-state index contributed by atoms with van der Waals surface area (Å²) in [5.41, 5.74) is 3.80. The number of hydrogen-bond donors (Lipinski definition) is 1. The van der Waals surface area contributed by atoms with E-state index in [-0.39, 0.29) is 18.4 Å². The predicted molar refractivity (Wildman–Crippen MR) is 115 cm³/mol. The van der Waals surface area contributed by atoms with Gasteiger partial charge in [-0.15, -0.1) is 0 Å². The Morgan fingerprint density at radius 3 is 2.48 bits per heavy atom. The van der Waals surface area contributed by atoms with Gasteiger partial charge in [0.05, 0.1) is 45.7 Å². The van der Waals surface area contributed by atoms with E-state index in [9.17, 15) is 4.79 Å². The van der Waals surface area contributed by atoms with Gasteiger partial charge in [0.2, 0.25) is 11.7 Å². The van der Waals surface area contributed by atoms with Crippen molar-refractivity contribution in [3.8, 4) is 28.4 Å². The minimum absolute atomic E-state index is 0.0415. The van der Waals surface area contributed by atoms with E-state index < -0.39 is 0 Å². The van der Waals surface area contributed by atoms with E-state index in [4.69, 9.17) is 14.2 Å². The van der Waals surface area contributed by atoms with Gasteiger partial charge in [0.25, 0.3) is 0 Å². The van der Waals surface area contributed by atoms with Crippen LogP contribution < -0.4 is 14.2 Å². The Morgan fingerprint density at radius 2 is 1.84 bits per heavy atom. The van der Waals surface area contributed by atoms with Gasteiger partial charge < -0.3 is 19.1 Å². The van der Waals surface area contributed by atoms with Gasteiger partial charge in [-0.05, 0) is 48.2 Å². The first-order chi connectivity index (χ1) is 15.2. The Hall–Kier alpha value is -3.55. The monoisotopic (exact) mass is 422 g/mol. The van der Waals surface area contributed by atoms with Crippen LogP contribution in [0.3, 0.4) is 0 Å². The first-order valence-corrected chi connectivity index (χ1v) is 10.2. The molecular formula is C23H26N4O4. The summed E-state index contributed by atoms with van der Waals surface area (Å²) in [6, 6.07) is 7.50. The fourth-order valence-corrected chi connectivity index (χ4v) is 4.19. The molecule has 162 valence electrons. The van der Waals surface area contributed by atoms with Crippen LogP contribution in [0.5, 0.6) is 17.2 Å². The van der Waals surface area contributed by atoms with Crippen LogP contribution in [0.2, 0.25) is 0 Å². The van der Waals surface area contributed by atoms with E-state index in [1.807, 2.05) is 35.4 Å². The number of H-pyrrole nitrogens is 1. The lowest BCUT2D eigenvalue weighted by Crippen LogP contribution is -2.32. The number of ether oxygens (including phenoxy) is 3. The summed E-state index contributed by atoms with van der Waals surface area (Å²) in [5, 5.41) is 7.38. The molecule has 8 heteroatoms. The zero-order valence-electron chi connectivity index (χ0n) is 17.9. The van der Waals surface area contributed by atoms with E-state index in [1.54, 1.807) is 33.7 Å². The highest BCUT2D eigenvalue weighted by atomic mass is 16.5. The third-order valence-electron chi connectivity index (χ3n) is 5.65. The lowest BCUT2D eigenvalue weighted by Gasteiger charge is -2.25. The molecule has 2 aromatic heterocycles. The van der Waals surface area contributed by atoms with Gasteiger partial charge in [0.1, 0.15) is 0 Å². The van der Waals surface area contributed by atoms with Crippen molar-refractivity contribution in [2.45, 2.75) is 25.3 Å². The second kappa shape index (κ2) is 9.07. The summed E-state index contributed by atoms with van der Waals surface area (Å²) in [7, 11) is 4.70. The number of rotatable bonds is 7.